The predicted molar refractivity (Wildman–Crippen MR) is 101 cm³/mol. The standard InChI is InChI=1S/C21H13F3N2O3/c22-21(23,24)29-16-11-7-13(8-12-16)19(27)25-15-9-5-14(6-10-15)20-26-17-3-1-2-4-18(17)28-20/h1-12H,(H,25,27). The SMILES string of the molecule is O=C(Nc1ccc(-c2nc3ccccc3o2)cc1)c1ccc(OC(F)(F)F)cc1. The zero-order valence-corrected chi connectivity index (χ0v) is 14.7. The number of fused-ring (bicyclic) bond motifs is 1. The molecule has 8 heteroatoms. The molecule has 4 rings (SSSR count). The first-order valence-corrected chi connectivity index (χ1v) is 8.50. The predicted octanol–water partition coefficient (Wildman–Crippen LogP) is 5.65. The van der Waals surface area contributed by atoms with Crippen LogP contribution in [0.25, 0.3) is 22.6 Å². The summed E-state index contributed by atoms with van der Waals surface area (Å²) in [6, 6.07) is 18.9. The lowest BCUT2D eigenvalue weighted by atomic mass is 10.1. The highest BCUT2D eigenvalue weighted by atomic mass is 19.4. The summed E-state index contributed by atoms with van der Waals surface area (Å²) in [6.45, 7) is 0. The van der Waals surface area contributed by atoms with E-state index < -0.39 is 18.0 Å². The van der Waals surface area contributed by atoms with E-state index >= 15 is 0 Å². The van der Waals surface area contributed by atoms with E-state index in [1.165, 1.54) is 12.1 Å². The first kappa shape index (κ1) is 18.5. The van der Waals surface area contributed by atoms with Crippen molar-refractivity contribution in [3.8, 4) is 17.2 Å². The van der Waals surface area contributed by atoms with Crippen molar-refractivity contribution in [3.63, 3.8) is 0 Å². The molecular formula is C21H13F3N2O3. The lowest BCUT2D eigenvalue weighted by Gasteiger charge is -2.09. The molecule has 0 fully saturated rings. The molecule has 0 aliphatic heterocycles. The summed E-state index contributed by atoms with van der Waals surface area (Å²) in [5, 5.41) is 2.68. The normalized spacial score (nSPS) is 11.4. The van der Waals surface area contributed by atoms with Crippen molar-refractivity contribution in [2.45, 2.75) is 6.36 Å². The highest BCUT2D eigenvalue weighted by Crippen LogP contribution is 2.26. The molecule has 0 saturated heterocycles. The van der Waals surface area contributed by atoms with Crippen LogP contribution < -0.4 is 10.1 Å². The van der Waals surface area contributed by atoms with Crippen molar-refractivity contribution in [2.24, 2.45) is 0 Å². The van der Waals surface area contributed by atoms with Crippen LogP contribution in [-0.2, 0) is 0 Å². The summed E-state index contributed by atoms with van der Waals surface area (Å²) in [4.78, 5) is 16.7. The first-order valence-electron chi connectivity index (χ1n) is 8.50. The molecule has 0 saturated carbocycles. The van der Waals surface area contributed by atoms with Gasteiger partial charge in [-0.3, -0.25) is 4.79 Å². The van der Waals surface area contributed by atoms with E-state index in [9.17, 15) is 18.0 Å². The second kappa shape index (κ2) is 7.31. The molecule has 146 valence electrons. The van der Waals surface area contributed by atoms with Crippen LogP contribution in [0.1, 0.15) is 10.4 Å². The van der Waals surface area contributed by atoms with E-state index in [4.69, 9.17) is 4.42 Å². The number of nitrogens with zero attached hydrogens (tertiary/aromatic N) is 1. The number of alkyl halides is 3. The summed E-state index contributed by atoms with van der Waals surface area (Å²) in [6.07, 6.45) is -4.78. The minimum atomic E-state index is -4.78. The fourth-order valence-electron chi connectivity index (χ4n) is 2.70. The van der Waals surface area contributed by atoms with Crippen LogP contribution in [-0.4, -0.2) is 17.3 Å². The number of carbonyl (C=O) groups is 1. The summed E-state index contributed by atoms with van der Waals surface area (Å²) in [5.41, 5.74) is 2.89. The third-order valence-corrected chi connectivity index (χ3v) is 4.03. The van der Waals surface area contributed by atoms with Crippen molar-refractivity contribution >= 4 is 22.7 Å². The molecule has 4 aromatic rings. The Hall–Kier alpha value is -3.81. The van der Waals surface area contributed by atoms with Crippen LogP contribution in [0.4, 0.5) is 18.9 Å². The minimum Gasteiger partial charge on any atom is -0.436 e. The molecule has 0 aliphatic rings. The van der Waals surface area contributed by atoms with Crippen molar-refractivity contribution < 1.29 is 27.1 Å². The zero-order chi connectivity index (χ0) is 20.4. The van der Waals surface area contributed by atoms with Gasteiger partial charge < -0.3 is 14.5 Å². The molecule has 0 bridgehead atoms. The smallest absolute Gasteiger partial charge is 0.436 e. The highest BCUT2D eigenvalue weighted by molar-refractivity contribution is 6.04. The number of nitrogens with one attached hydrogen (secondary N) is 1. The number of benzene rings is 3. The maximum Gasteiger partial charge on any atom is 0.573 e. The average molecular weight is 398 g/mol. The number of oxazole rings is 1. The number of carbonyl (C=O) groups excluding carboxylic acids is 1. The molecule has 29 heavy (non-hydrogen) atoms. The van der Waals surface area contributed by atoms with Gasteiger partial charge in [-0.2, -0.15) is 0 Å². The first-order chi connectivity index (χ1) is 13.9. The van der Waals surface area contributed by atoms with E-state index in [-0.39, 0.29) is 5.56 Å². The van der Waals surface area contributed by atoms with Crippen molar-refractivity contribution in [2.75, 3.05) is 5.32 Å². The Kier molecular flexibility index (Phi) is 4.67. The minimum absolute atomic E-state index is 0.197. The molecule has 0 atom stereocenters. The van der Waals surface area contributed by atoms with Crippen LogP contribution in [0.2, 0.25) is 0 Å². The van der Waals surface area contributed by atoms with Gasteiger partial charge in [-0.05, 0) is 60.7 Å². The second-order valence-corrected chi connectivity index (χ2v) is 6.09. The molecule has 3 aromatic carbocycles. The van der Waals surface area contributed by atoms with Gasteiger partial charge in [0.15, 0.2) is 5.58 Å². The van der Waals surface area contributed by atoms with Crippen LogP contribution in [0, 0.1) is 0 Å². The number of para-hydroxylation sites is 2. The van der Waals surface area contributed by atoms with E-state index in [2.05, 4.69) is 15.0 Å². The molecule has 1 amide bonds. The van der Waals surface area contributed by atoms with Gasteiger partial charge in [0.25, 0.3) is 5.91 Å². The molecular weight excluding hydrogens is 385 g/mol. The number of amides is 1. The number of hydrogen-bond acceptors (Lipinski definition) is 4. The maximum atomic E-state index is 12.3. The number of hydrogen-bond donors (Lipinski definition) is 1. The Morgan fingerprint density at radius 3 is 2.28 bits per heavy atom. The summed E-state index contributed by atoms with van der Waals surface area (Å²) in [5.74, 6) is -0.390. The van der Waals surface area contributed by atoms with Crippen LogP contribution in [0.3, 0.4) is 0 Å². The third-order valence-electron chi connectivity index (χ3n) is 4.03. The Morgan fingerprint density at radius 2 is 1.62 bits per heavy atom. The van der Waals surface area contributed by atoms with Gasteiger partial charge in [0.2, 0.25) is 5.89 Å². The van der Waals surface area contributed by atoms with Gasteiger partial charge in [-0.15, -0.1) is 13.2 Å². The van der Waals surface area contributed by atoms with E-state index in [0.717, 1.165) is 23.2 Å². The monoisotopic (exact) mass is 398 g/mol. The van der Waals surface area contributed by atoms with Gasteiger partial charge in [-0.1, -0.05) is 12.1 Å². The number of aromatic nitrogens is 1. The third kappa shape index (κ3) is 4.37. The number of halogens is 3. The lowest BCUT2D eigenvalue weighted by Crippen LogP contribution is -2.17. The maximum absolute atomic E-state index is 12.3. The molecule has 0 spiro atoms. The molecule has 1 heterocycles. The van der Waals surface area contributed by atoms with Crippen LogP contribution in [0.15, 0.2) is 77.2 Å². The quantitative estimate of drug-likeness (QED) is 0.483. The second-order valence-electron chi connectivity index (χ2n) is 6.09. The zero-order valence-electron chi connectivity index (χ0n) is 14.7. The fraction of sp³-hybridized carbons (Fsp3) is 0.0476. The van der Waals surface area contributed by atoms with Crippen molar-refractivity contribution in [3.05, 3.63) is 78.4 Å². The Balaban J connectivity index is 1.45. The lowest BCUT2D eigenvalue weighted by molar-refractivity contribution is -0.274. The van der Waals surface area contributed by atoms with Gasteiger partial charge in [-0.25, -0.2) is 4.98 Å². The average Bonchev–Trinajstić information content (AvgIpc) is 3.12. The van der Waals surface area contributed by atoms with Crippen LogP contribution >= 0.6 is 0 Å². The van der Waals surface area contributed by atoms with Gasteiger partial charge in [0.1, 0.15) is 11.3 Å². The number of rotatable bonds is 4. The van der Waals surface area contributed by atoms with E-state index in [0.29, 0.717) is 17.2 Å². The Morgan fingerprint density at radius 1 is 0.931 bits per heavy atom. The van der Waals surface area contributed by atoms with Crippen molar-refractivity contribution in [1.82, 2.24) is 4.98 Å². The van der Waals surface area contributed by atoms with Crippen LogP contribution in [0.5, 0.6) is 5.75 Å². The molecule has 0 aliphatic carbocycles. The summed E-state index contributed by atoms with van der Waals surface area (Å²) >= 11 is 0. The summed E-state index contributed by atoms with van der Waals surface area (Å²) in [7, 11) is 0. The van der Waals surface area contributed by atoms with E-state index in [1.807, 2.05) is 24.3 Å². The highest BCUT2D eigenvalue weighted by Gasteiger charge is 2.31. The molecule has 1 N–H and O–H groups in total. The molecule has 1 aromatic heterocycles. The number of anilines is 1. The van der Waals surface area contributed by atoms with Gasteiger partial charge >= 0.3 is 6.36 Å². The van der Waals surface area contributed by atoms with E-state index in [1.54, 1.807) is 24.3 Å². The topological polar surface area (TPSA) is 64.4 Å². The van der Waals surface area contributed by atoms with Gasteiger partial charge in [0.05, 0.1) is 0 Å². The number of ether oxygens (including phenoxy) is 1. The largest absolute Gasteiger partial charge is 0.573 e. The Labute approximate surface area is 162 Å². The van der Waals surface area contributed by atoms with Crippen molar-refractivity contribution in [1.29, 1.82) is 0 Å². The summed E-state index contributed by atoms with van der Waals surface area (Å²) < 4.78 is 46.1. The van der Waals surface area contributed by atoms with Gasteiger partial charge in [0, 0.05) is 16.8 Å². The molecule has 0 unspecified atom stereocenters. The molecule has 5 nitrogen and oxygen atoms in total. The molecule has 0 radical (unpaired) electrons. The Bertz CT molecular complexity index is 1120. The fourth-order valence-corrected chi connectivity index (χ4v) is 2.70.